The normalized spacial score (nSPS) is 26.2. The number of rotatable bonds is 6. The molecule has 170 valence electrons. The van der Waals surface area contributed by atoms with Crippen molar-refractivity contribution < 1.29 is 60.8 Å². The van der Waals surface area contributed by atoms with Gasteiger partial charge < -0.3 is 29.0 Å². The van der Waals surface area contributed by atoms with E-state index in [0.29, 0.717) is 0 Å². The lowest BCUT2D eigenvalue weighted by Crippen LogP contribution is -2.67. The lowest BCUT2D eigenvalue weighted by Gasteiger charge is -2.44. The van der Waals surface area contributed by atoms with E-state index in [1.807, 2.05) is 0 Å². The molecule has 5 atom stereocenters. The quantitative estimate of drug-likeness (QED) is 0.431. The van der Waals surface area contributed by atoms with Crippen LogP contribution in [0.3, 0.4) is 0 Å². The van der Waals surface area contributed by atoms with Gasteiger partial charge in [0.25, 0.3) is 0 Å². The molecule has 14 heteroatoms. The lowest BCUT2D eigenvalue weighted by molar-refractivity contribution is -0.272. The van der Waals surface area contributed by atoms with Crippen LogP contribution in [0, 0.1) is 0 Å². The van der Waals surface area contributed by atoms with E-state index in [2.05, 4.69) is 0 Å². The van der Waals surface area contributed by atoms with Crippen LogP contribution in [0.15, 0.2) is 0 Å². The molecular weight excluding hydrogens is 423 g/mol. The standard InChI is InChI=1S/C16H20F3NO10/c1-6(21)26-5-10-12(27-7(2)22)13(28-8(3)23)11(14(30-10)29-9(4)24)20-15(25)16(17,18)19/h10-14H,5H2,1-4H3,(H,20,25)/t10-,11-,12+,13+,14+/m1/s1. The number of hydrogen-bond donors (Lipinski definition) is 1. The summed E-state index contributed by atoms with van der Waals surface area (Å²) >= 11 is 0. The van der Waals surface area contributed by atoms with Crippen LogP contribution >= 0.6 is 0 Å². The van der Waals surface area contributed by atoms with Gasteiger partial charge in [0.15, 0.2) is 12.2 Å². The highest BCUT2D eigenvalue weighted by molar-refractivity contribution is 5.82. The third-order valence-electron chi connectivity index (χ3n) is 3.54. The Labute approximate surface area is 168 Å². The largest absolute Gasteiger partial charge is 0.471 e. The molecule has 1 saturated heterocycles. The van der Waals surface area contributed by atoms with E-state index >= 15 is 0 Å². The summed E-state index contributed by atoms with van der Waals surface area (Å²) in [7, 11) is 0. The van der Waals surface area contributed by atoms with Gasteiger partial charge in [-0.1, -0.05) is 0 Å². The minimum absolute atomic E-state index is 0.594. The Bertz CT molecular complexity index is 695. The zero-order valence-corrected chi connectivity index (χ0v) is 16.3. The first kappa shape index (κ1) is 25.1. The summed E-state index contributed by atoms with van der Waals surface area (Å²) in [5.41, 5.74) is 0. The van der Waals surface area contributed by atoms with Crippen molar-refractivity contribution in [3.05, 3.63) is 0 Å². The predicted octanol–water partition coefficient (Wildman–Crippen LogP) is -0.252. The smallest absolute Gasteiger partial charge is 0.463 e. The number of nitrogens with one attached hydrogen (secondary N) is 1. The van der Waals surface area contributed by atoms with Crippen LogP contribution < -0.4 is 5.32 Å². The molecule has 0 spiro atoms. The molecule has 0 aromatic heterocycles. The van der Waals surface area contributed by atoms with Crippen LogP contribution in [-0.2, 0) is 47.7 Å². The van der Waals surface area contributed by atoms with Gasteiger partial charge in [-0.3, -0.25) is 24.0 Å². The summed E-state index contributed by atoms with van der Waals surface area (Å²) in [5, 5.41) is 1.52. The number of carbonyl (C=O) groups is 5. The molecule has 1 fully saturated rings. The van der Waals surface area contributed by atoms with E-state index in [9.17, 15) is 37.1 Å². The van der Waals surface area contributed by atoms with E-state index < -0.39 is 73.2 Å². The number of carbonyl (C=O) groups excluding carboxylic acids is 5. The molecule has 1 N–H and O–H groups in total. The van der Waals surface area contributed by atoms with Gasteiger partial charge in [-0.25, -0.2) is 0 Å². The molecule has 0 aliphatic carbocycles. The van der Waals surface area contributed by atoms with Crippen LogP contribution in [-0.4, -0.2) is 73.2 Å². The van der Waals surface area contributed by atoms with Gasteiger partial charge in [0.2, 0.25) is 6.29 Å². The van der Waals surface area contributed by atoms with Crippen LogP contribution in [0.4, 0.5) is 13.2 Å². The zero-order chi connectivity index (χ0) is 23.2. The zero-order valence-electron chi connectivity index (χ0n) is 16.3. The summed E-state index contributed by atoms with van der Waals surface area (Å²) in [4.78, 5) is 57.0. The number of esters is 4. The van der Waals surface area contributed by atoms with Gasteiger partial charge in [-0.15, -0.1) is 0 Å². The number of hydrogen-bond acceptors (Lipinski definition) is 10. The maximum Gasteiger partial charge on any atom is 0.471 e. The van der Waals surface area contributed by atoms with Crippen molar-refractivity contribution in [2.45, 2.75) is 64.5 Å². The highest BCUT2D eigenvalue weighted by Crippen LogP contribution is 2.29. The second-order valence-electron chi connectivity index (χ2n) is 6.10. The molecule has 1 rings (SSSR count). The second-order valence-corrected chi connectivity index (χ2v) is 6.10. The van der Waals surface area contributed by atoms with Crippen molar-refractivity contribution in [2.75, 3.05) is 6.61 Å². The summed E-state index contributed by atoms with van der Waals surface area (Å²) in [5.74, 6) is -6.20. The highest BCUT2D eigenvalue weighted by atomic mass is 19.4. The first-order chi connectivity index (χ1) is 13.7. The second kappa shape index (κ2) is 10.2. The van der Waals surface area contributed by atoms with Crippen LogP contribution in [0.1, 0.15) is 27.7 Å². The van der Waals surface area contributed by atoms with Crippen LogP contribution in [0.5, 0.6) is 0 Å². The van der Waals surface area contributed by atoms with Gasteiger partial charge in [-0.2, -0.15) is 13.2 Å². The average molecular weight is 443 g/mol. The molecule has 11 nitrogen and oxygen atoms in total. The molecule has 0 aromatic rings. The van der Waals surface area contributed by atoms with Crippen molar-refractivity contribution in [3.8, 4) is 0 Å². The minimum Gasteiger partial charge on any atom is -0.463 e. The molecule has 1 amide bonds. The Kier molecular flexibility index (Phi) is 8.57. The Morgan fingerprint density at radius 1 is 0.833 bits per heavy atom. The predicted molar refractivity (Wildman–Crippen MR) is 86.2 cm³/mol. The lowest BCUT2D eigenvalue weighted by atomic mass is 9.96. The van der Waals surface area contributed by atoms with Crippen molar-refractivity contribution in [3.63, 3.8) is 0 Å². The van der Waals surface area contributed by atoms with E-state index in [1.54, 1.807) is 0 Å². The maximum atomic E-state index is 12.8. The molecule has 0 saturated carbocycles. The van der Waals surface area contributed by atoms with E-state index in [4.69, 9.17) is 23.7 Å². The van der Waals surface area contributed by atoms with E-state index in [-0.39, 0.29) is 0 Å². The summed E-state index contributed by atoms with van der Waals surface area (Å²) < 4.78 is 63.2. The molecular formula is C16H20F3NO10. The Hall–Kier alpha value is -2.90. The molecule has 0 radical (unpaired) electrons. The first-order valence-corrected chi connectivity index (χ1v) is 8.40. The molecule has 0 bridgehead atoms. The van der Waals surface area contributed by atoms with Crippen LogP contribution in [0.2, 0.25) is 0 Å². The highest BCUT2D eigenvalue weighted by Gasteiger charge is 2.54. The van der Waals surface area contributed by atoms with Crippen molar-refractivity contribution >= 4 is 29.8 Å². The van der Waals surface area contributed by atoms with Gasteiger partial charge in [0.05, 0.1) is 0 Å². The van der Waals surface area contributed by atoms with Crippen LogP contribution in [0.25, 0.3) is 0 Å². The molecule has 0 unspecified atom stereocenters. The maximum absolute atomic E-state index is 12.8. The first-order valence-electron chi connectivity index (χ1n) is 8.40. The average Bonchev–Trinajstić information content (AvgIpc) is 2.56. The van der Waals surface area contributed by atoms with E-state index in [0.717, 1.165) is 27.7 Å². The fraction of sp³-hybridized carbons (Fsp3) is 0.688. The van der Waals surface area contributed by atoms with Gasteiger partial charge in [-0.05, 0) is 0 Å². The molecule has 1 heterocycles. The van der Waals surface area contributed by atoms with Crippen molar-refractivity contribution in [1.82, 2.24) is 5.32 Å². The number of halogens is 3. The number of alkyl halides is 3. The van der Waals surface area contributed by atoms with Gasteiger partial charge in [0.1, 0.15) is 18.8 Å². The Balaban J connectivity index is 3.39. The monoisotopic (exact) mass is 443 g/mol. The summed E-state index contributed by atoms with van der Waals surface area (Å²) in [6.07, 6.45) is -12.0. The number of amides is 1. The third-order valence-corrected chi connectivity index (χ3v) is 3.54. The fourth-order valence-electron chi connectivity index (χ4n) is 2.55. The minimum atomic E-state index is -5.34. The SMILES string of the molecule is CC(=O)OC[C@H]1O[C@H](OC(C)=O)[C@H](NC(=O)C(F)(F)F)[C@H](OC(C)=O)[C@H]1OC(C)=O. The fourth-order valence-corrected chi connectivity index (χ4v) is 2.55. The Morgan fingerprint density at radius 3 is 1.77 bits per heavy atom. The number of ether oxygens (including phenoxy) is 5. The summed E-state index contributed by atoms with van der Waals surface area (Å²) in [6.45, 7) is 3.22. The summed E-state index contributed by atoms with van der Waals surface area (Å²) in [6, 6.07) is -1.91. The molecule has 0 aromatic carbocycles. The van der Waals surface area contributed by atoms with Crippen molar-refractivity contribution in [1.29, 1.82) is 0 Å². The van der Waals surface area contributed by atoms with Crippen molar-refractivity contribution in [2.24, 2.45) is 0 Å². The Morgan fingerprint density at radius 2 is 1.33 bits per heavy atom. The van der Waals surface area contributed by atoms with Gasteiger partial charge in [0, 0.05) is 27.7 Å². The molecule has 1 aliphatic heterocycles. The molecule has 30 heavy (non-hydrogen) atoms. The topological polar surface area (TPSA) is 144 Å². The van der Waals surface area contributed by atoms with Gasteiger partial charge >= 0.3 is 36.0 Å². The molecule has 1 aliphatic rings. The third kappa shape index (κ3) is 7.50. The van der Waals surface area contributed by atoms with E-state index in [1.165, 1.54) is 5.32 Å².